The van der Waals surface area contributed by atoms with Gasteiger partial charge in [-0.15, -0.1) is 12.4 Å². The molecule has 3 rings (SSSR count). The molecule has 4 nitrogen and oxygen atoms in total. The van der Waals surface area contributed by atoms with Crippen molar-refractivity contribution in [2.45, 2.75) is 12.8 Å². The molecule has 2 aromatic rings. The zero-order valence-electron chi connectivity index (χ0n) is 11.3. The third-order valence-corrected chi connectivity index (χ3v) is 4.10. The van der Waals surface area contributed by atoms with Gasteiger partial charge in [0.05, 0.1) is 11.4 Å². The van der Waals surface area contributed by atoms with Gasteiger partial charge in [0.2, 0.25) is 0 Å². The lowest BCUT2D eigenvalue weighted by atomic mass is 9.96. The number of benzene rings is 1. The number of halogens is 2. The van der Waals surface area contributed by atoms with E-state index < -0.39 is 5.97 Å². The summed E-state index contributed by atoms with van der Waals surface area (Å²) >= 11 is 5.99. The predicted molar refractivity (Wildman–Crippen MR) is 86.6 cm³/mol. The molecular formula is C15H16Cl2N2O2. The smallest absolute Gasteiger partial charge is 0.306 e. The van der Waals surface area contributed by atoms with Crippen molar-refractivity contribution < 1.29 is 9.90 Å². The minimum absolute atomic E-state index is 0. The number of aliphatic carboxylic acids is 1. The third kappa shape index (κ3) is 3.22. The zero-order valence-corrected chi connectivity index (χ0v) is 12.9. The van der Waals surface area contributed by atoms with E-state index in [9.17, 15) is 4.79 Å². The summed E-state index contributed by atoms with van der Waals surface area (Å²) in [4.78, 5) is 17.6. The Morgan fingerprint density at radius 3 is 2.67 bits per heavy atom. The molecule has 1 fully saturated rings. The van der Waals surface area contributed by atoms with Crippen molar-refractivity contribution in [3.8, 4) is 0 Å². The second-order valence-corrected chi connectivity index (χ2v) is 5.53. The van der Waals surface area contributed by atoms with Gasteiger partial charge in [0, 0.05) is 35.4 Å². The summed E-state index contributed by atoms with van der Waals surface area (Å²) < 4.78 is 0. The maximum atomic E-state index is 11.0. The molecule has 1 N–H and O–H groups in total. The summed E-state index contributed by atoms with van der Waals surface area (Å²) in [6.07, 6.45) is 3.15. The first-order chi connectivity index (χ1) is 9.65. The Morgan fingerprint density at radius 2 is 2.00 bits per heavy atom. The van der Waals surface area contributed by atoms with E-state index in [2.05, 4.69) is 9.88 Å². The lowest BCUT2D eigenvalue weighted by Gasteiger charge is -2.32. The molecule has 6 heteroatoms. The van der Waals surface area contributed by atoms with Crippen LogP contribution in [0.4, 0.5) is 5.69 Å². The van der Waals surface area contributed by atoms with Crippen LogP contribution in [0.25, 0.3) is 10.9 Å². The zero-order chi connectivity index (χ0) is 14.1. The number of pyridine rings is 1. The SMILES string of the molecule is Cl.O=C(O)C1CCN(c2ccnc3cc(Cl)ccc23)CC1. The van der Waals surface area contributed by atoms with E-state index in [1.165, 1.54) is 0 Å². The van der Waals surface area contributed by atoms with E-state index in [1.54, 1.807) is 6.20 Å². The largest absolute Gasteiger partial charge is 0.481 e. The van der Waals surface area contributed by atoms with Gasteiger partial charge in [-0.25, -0.2) is 0 Å². The number of piperidine rings is 1. The number of nitrogens with zero attached hydrogens (tertiary/aromatic N) is 2. The molecule has 1 aliphatic heterocycles. The molecule has 21 heavy (non-hydrogen) atoms. The summed E-state index contributed by atoms with van der Waals surface area (Å²) in [6.45, 7) is 1.53. The molecule has 0 unspecified atom stereocenters. The topological polar surface area (TPSA) is 53.4 Å². The van der Waals surface area contributed by atoms with Crippen LogP contribution in [0.1, 0.15) is 12.8 Å². The lowest BCUT2D eigenvalue weighted by molar-refractivity contribution is -0.142. The van der Waals surface area contributed by atoms with Gasteiger partial charge in [-0.3, -0.25) is 9.78 Å². The van der Waals surface area contributed by atoms with Crippen molar-refractivity contribution in [2.24, 2.45) is 5.92 Å². The molecule has 112 valence electrons. The van der Waals surface area contributed by atoms with Crippen molar-refractivity contribution in [1.29, 1.82) is 0 Å². The molecule has 0 radical (unpaired) electrons. The van der Waals surface area contributed by atoms with Gasteiger partial charge >= 0.3 is 5.97 Å². The highest BCUT2D eigenvalue weighted by Gasteiger charge is 2.25. The van der Waals surface area contributed by atoms with Gasteiger partial charge in [-0.2, -0.15) is 0 Å². The van der Waals surface area contributed by atoms with Gasteiger partial charge in [0.25, 0.3) is 0 Å². The third-order valence-electron chi connectivity index (χ3n) is 3.87. The Labute approximate surface area is 134 Å². The number of carboxylic acid groups (broad SMARTS) is 1. The Bertz CT molecular complexity index is 655. The normalized spacial score (nSPS) is 15.8. The van der Waals surface area contributed by atoms with E-state index in [4.69, 9.17) is 16.7 Å². The van der Waals surface area contributed by atoms with E-state index in [0.29, 0.717) is 17.9 Å². The number of carbonyl (C=O) groups is 1. The van der Waals surface area contributed by atoms with Crippen molar-refractivity contribution in [3.05, 3.63) is 35.5 Å². The molecule has 2 heterocycles. The van der Waals surface area contributed by atoms with Gasteiger partial charge in [0.15, 0.2) is 0 Å². The Kier molecular flexibility index (Phi) is 4.91. The second-order valence-electron chi connectivity index (χ2n) is 5.09. The average molecular weight is 327 g/mol. The minimum Gasteiger partial charge on any atom is -0.481 e. The van der Waals surface area contributed by atoms with Crippen LogP contribution in [-0.4, -0.2) is 29.1 Å². The first-order valence-corrected chi connectivity index (χ1v) is 7.05. The fourth-order valence-corrected chi connectivity index (χ4v) is 2.92. The quantitative estimate of drug-likeness (QED) is 0.915. The Balaban J connectivity index is 0.00000161. The van der Waals surface area contributed by atoms with E-state index in [0.717, 1.165) is 29.7 Å². The second kappa shape index (κ2) is 6.50. The van der Waals surface area contributed by atoms with Crippen LogP contribution in [0.3, 0.4) is 0 Å². The maximum Gasteiger partial charge on any atom is 0.306 e. The summed E-state index contributed by atoms with van der Waals surface area (Å²) in [7, 11) is 0. The predicted octanol–water partition coefficient (Wildman–Crippen LogP) is 3.61. The van der Waals surface area contributed by atoms with E-state index >= 15 is 0 Å². The molecule has 1 aliphatic rings. The number of aromatic nitrogens is 1. The fourth-order valence-electron chi connectivity index (χ4n) is 2.75. The summed E-state index contributed by atoms with van der Waals surface area (Å²) in [6, 6.07) is 7.67. The van der Waals surface area contributed by atoms with Crippen LogP contribution in [0.2, 0.25) is 5.02 Å². The molecule has 1 aromatic heterocycles. The van der Waals surface area contributed by atoms with Crippen molar-refractivity contribution in [1.82, 2.24) is 4.98 Å². The molecule has 0 saturated carbocycles. The van der Waals surface area contributed by atoms with Crippen molar-refractivity contribution in [2.75, 3.05) is 18.0 Å². The highest BCUT2D eigenvalue weighted by atomic mass is 35.5. The van der Waals surface area contributed by atoms with Crippen molar-refractivity contribution >= 4 is 46.6 Å². The van der Waals surface area contributed by atoms with Crippen molar-refractivity contribution in [3.63, 3.8) is 0 Å². The number of carboxylic acids is 1. The molecular weight excluding hydrogens is 311 g/mol. The number of hydrogen-bond donors (Lipinski definition) is 1. The van der Waals surface area contributed by atoms with Crippen LogP contribution in [-0.2, 0) is 4.79 Å². The fraction of sp³-hybridized carbons (Fsp3) is 0.333. The molecule has 0 bridgehead atoms. The number of hydrogen-bond acceptors (Lipinski definition) is 3. The minimum atomic E-state index is -0.684. The summed E-state index contributed by atoms with van der Waals surface area (Å²) in [5.74, 6) is -0.898. The van der Waals surface area contributed by atoms with Gasteiger partial charge in [-0.1, -0.05) is 11.6 Å². The monoisotopic (exact) mass is 326 g/mol. The average Bonchev–Trinajstić information content (AvgIpc) is 2.46. The highest BCUT2D eigenvalue weighted by Crippen LogP contribution is 2.30. The lowest BCUT2D eigenvalue weighted by Crippen LogP contribution is -2.36. The summed E-state index contributed by atoms with van der Waals surface area (Å²) in [5, 5.41) is 10.8. The maximum absolute atomic E-state index is 11.0. The number of anilines is 1. The van der Waals surface area contributed by atoms with Crippen LogP contribution < -0.4 is 4.90 Å². The molecule has 0 spiro atoms. The Morgan fingerprint density at radius 1 is 1.29 bits per heavy atom. The molecule has 0 amide bonds. The molecule has 0 atom stereocenters. The highest BCUT2D eigenvalue weighted by molar-refractivity contribution is 6.31. The van der Waals surface area contributed by atoms with Gasteiger partial charge in [0.1, 0.15) is 0 Å². The van der Waals surface area contributed by atoms with Crippen LogP contribution in [0.15, 0.2) is 30.5 Å². The van der Waals surface area contributed by atoms with Crippen LogP contribution >= 0.6 is 24.0 Å². The van der Waals surface area contributed by atoms with E-state index in [1.807, 2.05) is 24.3 Å². The van der Waals surface area contributed by atoms with Crippen LogP contribution in [0, 0.1) is 5.92 Å². The summed E-state index contributed by atoms with van der Waals surface area (Å²) in [5.41, 5.74) is 1.98. The van der Waals surface area contributed by atoms with Crippen LogP contribution in [0.5, 0.6) is 0 Å². The number of rotatable bonds is 2. The number of fused-ring (bicyclic) bond motifs is 1. The Hall–Kier alpha value is -1.52. The van der Waals surface area contributed by atoms with Gasteiger partial charge in [-0.05, 0) is 37.1 Å². The standard InChI is InChI=1S/C15H15ClN2O2.ClH/c16-11-1-2-12-13(9-11)17-6-3-14(12)18-7-4-10(5-8-18)15(19)20;/h1-3,6,9-10H,4-5,7-8H2,(H,19,20);1H. The first-order valence-electron chi connectivity index (χ1n) is 6.67. The molecule has 1 saturated heterocycles. The molecule has 0 aliphatic carbocycles. The van der Waals surface area contributed by atoms with Gasteiger partial charge < -0.3 is 10.0 Å². The molecule has 1 aromatic carbocycles. The van der Waals surface area contributed by atoms with E-state index in [-0.39, 0.29) is 18.3 Å². The first kappa shape index (κ1) is 15.9.